The number of nitrogens with two attached hydrogens (primary N) is 1. The molecule has 0 fully saturated rings. The number of ether oxygens (including phenoxy) is 1. The summed E-state index contributed by atoms with van der Waals surface area (Å²) in [5.74, 6) is -0.540. The summed E-state index contributed by atoms with van der Waals surface area (Å²) in [6.45, 7) is 0.0161. The Kier molecular flexibility index (Phi) is 3.55. The second-order valence-electron chi connectivity index (χ2n) is 2.75. The van der Waals surface area contributed by atoms with Crippen LogP contribution in [0.25, 0.3) is 0 Å². The van der Waals surface area contributed by atoms with E-state index >= 15 is 0 Å². The Labute approximate surface area is 80.5 Å². The van der Waals surface area contributed by atoms with Crippen molar-refractivity contribution in [3.8, 4) is 0 Å². The fraction of sp³-hybridized carbons (Fsp3) is 0.571. The molecular weight excluding hydrogens is 188 g/mol. The molecule has 0 aliphatic heterocycles. The standard InChI is InChI=1S/C7H12N4O3/c1-14-4-6(12)5-2-9-10-11(5)3-7(8)13/h2,6,12H,3-4H2,1H3,(H2,8,13)/t6-/m1/s1. The zero-order chi connectivity index (χ0) is 10.6. The average Bonchev–Trinajstić information content (AvgIpc) is 2.51. The molecule has 0 bridgehead atoms. The molecule has 0 radical (unpaired) electrons. The number of hydrogen-bond acceptors (Lipinski definition) is 5. The van der Waals surface area contributed by atoms with E-state index < -0.39 is 12.0 Å². The van der Waals surface area contributed by atoms with Crippen molar-refractivity contribution in [3.05, 3.63) is 11.9 Å². The minimum Gasteiger partial charge on any atom is -0.384 e. The largest absolute Gasteiger partial charge is 0.384 e. The fourth-order valence-corrected chi connectivity index (χ4v) is 1.04. The summed E-state index contributed by atoms with van der Waals surface area (Å²) in [6.07, 6.45) is 0.515. The lowest BCUT2D eigenvalue weighted by atomic mass is 10.3. The molecule has 78 valence electrons. The molecule has 1 aromatic rings. The van der Waals surface area contributed by atoms with Crippen molar-refractivity contribution in [1.29, 1.82) is 0 Å². The van der Waals surface area contributed by atoms with Gasteiger partial charge in [0.15, 0.2) is 0 Å². The molecule has 7 heteroatoms. The number of aromatic nitrogens is 3. The van der Waals surface area contributed by atoms with Gasteiger partial charge in [-0.05, 0) is 0 Å². The molecule has 0 saturated carbocycles. The van der Waals surface area contributed by atoms with E-state index in [0.29, 0.717) is 5.69 Å². The molecule has 1 amide bonds. The van der Waals surface area contributed by atoms with E-state index in [9.17, 15) is 9.90 Å². The van der Waals surface area contributed by atoms with Gasteiger partial charge in [0.05, 0.1) is 18.5 Å². The van der Waals surface area contributed by atoms with Crippen LogP contribution in [-0.2, 0) is 16.1 Å². The smallest absolute Gasteiger partial charge is 0.239 e. The molecule has 3 N–H and O–H groups in total. The molecule has 1 heterocycles. The summed E-state index contributed by atoms with van der Waals surface area (Å²) >= 11 is 0. The van der Waals surface area contributed by atoms with Gasteiger partial charge < -0.3 is 15.6 Å². The van der Waals surface area contributed by atoms with Gasteiger partial charge in [0.2, 0.25) is 5.91 Å². The number of aliphatic hydroxyl groups excluding tert-OH is 1. The first kappa shape index (κ1) is 10.6. The van der Waals surface area contributed by atoms with Gasteiger partial charge >= 0.3 is 0 Å². The van der Waals surface area contributed by atoms with Gasteiger partial charge in [0.25, 0.3) is 0 Å². The SMILES string of the molecule is COC[C@@H](O)c1cnnn1CC(N)=O. The summed E-state index contributed by atoms with van der Waals surface area (Å²) in [6, 6.07) is 0. The van der Waals surface area contributed by atoms with E-state index in [0.717, 1.165) is 0 Å². The van der Waals surface area contributed by atoms with Crippen LogP contribution in [0.5, 0.6) is 0 Å². The molecular formula is C7H12N4O3. The van der Waals surface area contributed by atoms with Crippen molar-refractivity contribution >= 4 is 5.91 Å². The van der Waals surface area contributed by atoms with Crippen LogP contribution in [0, 0.1) is 0 Å². The maximum absolute atomic E-state index is 10.6. The van der Waals surface area contributed by atoms with Crippen LogP contribution < -0.4 is 5.73 Å². The fourth-order valence-electron chi connectivity index (χ4n) is 1.04. The van der Waals surface area contributed by atoms with Gasteiger partial charge in [-0.15, -0.1) is 5.10 Å². The van der Waals surface area contributed by atoms with Crippen molar-refractivity contribution in [2.75, 3.05) is 13.7 Å². The Morgan fingerprint density at radius 2 is 2.57 bits per heavy atom. The van der Waals surface area contributed by atoms with Crippen LogP contribution in [0.4, 0.5) is 0 Å². The van der Waals surface area contributed by atoms with Crippen LogP contribution >= 0.6 is 0 Å². The Bertz CT molecular complexity index is 312. The Morgan fingerprint density at radius 1 is 1.86 bits per heavy atom. The highest BCUT2D eigenvalue weighted by Crippen LogP contribution is 2.10. The van der Waals surface area contributed by atoms with E-state index in [2.05, 4.69) is 10.3 Å². The summed E-state index contributed by atoms with van der Waals surface area (Å²) < 4.78 is 5.99. The van der Waals surface area contributed by atoms with Crippen molar-refractivity contribution < 1.29 is 14.6 Å². The Morgan fingerprint density at radius 3 is 3.14 bits per heavy atom. The van der Waals surface area contributed by atoms with Crippen LogP contribution in [-0.4, -0.2) is 39.7 Å². The van der Waals surface area contributed by atoms with Gasteiger partial charge in [-0.3, -0.25) is 4.79 Å². The zero-order valence-electron chi connectivity index (χ0n) is 7.75. The van der Waals surface area contributed by atoms with Crippen LogP contribution in [0.3, 0.4) is 0 Å². The van der Waals surface area contributed by atoms with Gasteiger partial charge in [-0.2, -0.15) is 0 Å². The van der Waals surface area contributed by atoms with Crippen LogP contribution in [0.1, 0.15) is 11.8 Å². The number of carbonyl (C=O) groups is 1. The number of primary amides is 1. The van der Waals surface area contributed by atoms with Gasteiger partial charge in [0, 0.05) is 7.11 Å². The quantitative estimate of drug-likeness (QED) is 0.598. The van der Waals surface area contributed by atoms with Crippen molar-refractivity contribution in [3.63, 3.8) is 0 Å². The summed E-state index contributed by atoms with van der Waals surface area (Å²) in [4.78, 5) is 10.6. The third-order valence-electron chi connectivity index (χ3n) is 1.62. The Balaban J connectivity index is 2.75. The average molecular weight is 200 g/mol. The normalized spacial score (nSPS) is 12.7. The summed E-state index contributed by atoms with van der Waals surface area (Å²) in [5.41, 5.74) is 5.39. The minimum atomic E-state index is -0.852. The molecule has 0 unspecified atom stereocenters. The zero-order valence-corrected chi connectivity index (χ0v) is 7.75. The monoisotopic (exact) mass is 200 g/mol. The van der Waals surface area contributed by atoms with Crippen LogP contribution in [0.2, 0.25) is 0 Å². The van der Waals surface area contributed by atoms with E-state index in [1.165, 1.54) is 18.0 Å². The number of hydrogen-bond donors (Lipinski definition) is 2. The highest BCUT2D eigenvalue weighted by Gasteiger charge is 2.14. The molecule has 7 nitrogen and oxygen atoms in total. The maximum atomic E-state index is 10.6. The first-order valence-corrected chi connectivity index (χ1v) is 3.99. The van der Waals surface area contributed by atoms with E-state index in [4.69, 9.17) is 10.5 Å². The van der Waals surface area contributed by atoms with Crippen molar-refractivity contribution in [1.82, 2.24) is 15.0 Å². The summed E-state index contributed by atoms with van der Waals surface area (Å²) in [5, 5.41) is 16.7. The third-order valence-corrected chi connectivity index (χ3v) is 1.62. The molecule has 0 aliphatic rings. The number of aliphatic hydroxyl groups is 1. The molecule has 0 aliphatic carbocycles. The lowest BCUT2D eigenvalue weighted by Gasteiger charge is -2.09. The lowest BCUT2D eigenvalue weighted by molar-refractivity contribution is -0.118. The van der Waals surface area contributed by atoms with Crippen LogP contribution in [0.15, 0.2) is 6.20 Å². The summed E-state index contributed by atoms with van der Waals surface area (Å²) in [7, 11) is 1.46. The highest BCUT2D eigenvalue weighted by atomic mass is 16.5. The highest BCUT2D eigenvalue weighted by molar-refractivity contribution is 5.73. The third kappa shape index (κ3) is 2.51. The minimum absolute atomic E-state index is 0.101. The molecule has 1 rings (SSSR count). The lowest BCUT2D eigenvalue weighted by Crippen LogP contribution is -2.22. The molecule has 0 spiro atoms. The number of carbonyl (C=O) groups excluding carboxylic acids is 1. The number of rotatable bonds is 5. The molecule has 1 atom stereocenters. The second-order valence-corrected chi connectivity index (χ2v) is 2.75. The predicted octanol–water partition coefficient (Wildman–Crippen LogP) is -1.56. The number of methoxy groups -OCH3 is 1. The molecule has 0 saturated heterocycles. The van der Waals surface area contributed by atoms with Gasteiger partial charge in [-0.25, -0.2) is 4.68 Å². The van der Waals surface area contributed by atoms with Crippen molar-refractivity contribution in [2.24, 2.45) is 5.73 Å². The molecule has 1 aromatic heterocycles. The topological polar surface area (TPSA) is 103 Å². The number of nitrogens with zero attached hydrogens (tertiary/aromatic N) is 3. The van der Waals surface area contributed by atoms with Crippen molar-refractivity contribution in [2.45, 2.75) is 12.6 Å². The first-order chi connectivity index (χ1) is 6.65. The molecule has 0 aromatic carbocycles. The Hall–Kier alpha value is -1.47. The van der Waals surface area contributed by atoms with Gasteiger partial charge in [0.1, 0.15) is 12.6 Å². The van der Waals surface area contributed by atoms with E-state index in [-0.39, 0.29) is 13.2 Å². The first-order valence-electron chi connectivity index (χ1n) is 3.99. The second kappa shape index (κ2) is 4.68. The maximum Gasteiger partial charge on any atom is 0.239 e. The van der Waals surface area contributed by atoms with E-state index in [1.54, 1.807) is 0 Å². The van der Waals surface area contributed by atoms with E-state index in [1.807, 2.05) is 0 Å². The van der Waals surface area contributed by atoms with Gasteiger partial charge in [-0.1, -0.05) is 5.21 Å². The number of amides is 1. The molecule has 14 heavy (non-hydrogen) atoms. The predicted molar refractivity (Wildman–Crippen MR) is 46.1 cm³/mol.